The SMILES string of the molecule is CCCCCCCCCCC(O)COCC. The molecule has 16 heavy (non-hydrogen) atoms. The monoisotopic (exact) mass is 230 g/mol. The Balaban J connectivity index is 3.02. The number of ether oxygens (including phenoxy) is 1. The lowest BCUT2D eigenvalue weighted by molar-refractivity contribution is 0.0368. The van der Waals surface area contributed by atoms with E-state index in [2.05, 4.69) is 6.92 Å². The van der Waals surface area contributed by atoms with Gasteiger partial charge in [0.15, 0.2) is 0 Å². The van der Waals surface area contributed by atoms with E-state index in [-0.39, 0.29) is 6.10 Å². The van der Waals surface area contributed by atoms with Crippen LogP contribution >= 0.6 is 0 Å². The van der Waals surface area contributed by atoms with E-state index < -0.39 is 0 Å². The van der Waals surface area contributed by atoms with Gasteiger partial charge in [-0.15, -0.1) is 0 Å². The van der Waals surface area contributed by atoms with Crippen LogP contribution in [0.25, 0.3) is 0 Å². The quantitative estimate of drug-likeness (QED) is 0.515. The number of unbranched alkanes of at least 4 members (excludes halogenated alkanes) is 7. The summed E-state index contributed by atoms with van der Waals surface area (Å²) in [6.45, 7) is 5.42. The molecule has 1 unspecified atom stereocenters. The van der Waals surface area contributed by atoms with Crippen molar-refractivity contribution in [2.45, 2.75) is 77.7 Å². The first-order valence-corrected chi connectivity index (χ1v) is 7.07. The summed E-state index contributed by atoms with van der Waals surface area (Å²) in [5.74, 6) is 0. The maximum atomic E-state index is 9.53. The van der Waals surface area contributed by atoms with Gasteiger partial charge in [0.2, 0.25) is 0 Å². The minimum atomic E-state index is -0.250. The molecule has 0 rings (SSSR count). The van der Waals surface area contributed by atoms with E-state index >= 15 is 0 Å². The van der Waals surface area contributed by atoms with Gasteiger partial charge in [-0.1, -0.05) is 58.3 Å². The molecule has 2 heteroatoms. The molecule has 0 saturated carbocycles. The second-order valence-electron chi connectivity index (χ2n) is 4.58. The lowest BCUT2D eigenvalue weighted by atomic mass is 10.1. The molecule has 0 aliphatic rings. The standard InChI is InChI=1S/C14H30O2/c1-3-5-6-7-8-9-10-11-12-14(15)13-16-4-2/h14-15H,3-13H2,1-2H3. The van der Waals surface area contributed by atoms with Crippen LogP contribution in [0.1, 0.15) is 71.6 Å². The van der Waals surface area contributed by atoms with Gasteiger partial charge in [-0.3, -0.25) is 0 Å². The summed E-state index contributed by atoms with van der Waals surface area (Å²) in [6.07, 6.45) is 11.2. The first kappa shape index (κ1) is 15.9. The second-order valence-corrected chi connectivity index (χ2v) is 4.58. The Kier molecular flexibility index (Phi) is 12.9. The largest absolute Gasteiger partial charge is 0.391 e. The Bertz CT molecular complexity index is 126. The summed E-state index contributed by atoms with van der Waals surface area (Å²) < 4.78 is 5.17. The predicted molar refractivity (Wildman–Crippen MR) is 69.7 cm³/mol. The number of aliphatic hydroxyl groups is 1. The van der Waals surface area contributed by atoms with Crippen LogP contribution in [0.2, 0.25) is 0 Å². The van der Waals surface area contributed by atoms with Gasteiger partial charge in [0, 0.05) is 6.61 Å². The highest BCUT2D eigenvalue weighted by molar-refractivity contribution is 4.54. The van der Waals surface area contributed by atoms with E-state index in [0.717, 1.165) is 12.8 Å². The molecular weight excluding hydrogens is 200 g/mol. The summed E-state index contributed by atoms with van der Waals surface area (Å²) in [5, 5.41) is 9.53. The number of rotatable bonds is 12. The topological polar surface area (TPSA) is 29.5 Å². The smallest absolute Gasteiger partial charge is 0.0773 e. The normalized spacial score (nSPS) is 12.9. The zero-order valence-electron chi connectivity index (χ0n) is 11.2. The van der Waals surface area contributed by atoms with Crippen LogP contribution in [0, 0.1) is 0 Å². The van der Waals surface area contributed by atoms with Crippen LogP contribution < -0.4 is 0 Å². The van der Waals surface area contributed by atoms with Gasteiger partial charge in [0.05, 0.1) is 12.7 Å². The van der Waals surface area contributed by atoms with Crippen LogP contribution in [0.3, 0.4) is 0 Å². The third-order valence-corrected chi connectivity index (χ3v) is 2.91. The maximum Gasteiger partial charge on any atom is 0.0773 e. The van der Waals surface area contributed by atoms with Gasteiger partial charge < -0.3 is 9.84 Å². The fraction of sp³-hybridized carbons (Fsp3) is 1.00. The van der Waals surface area contributed by atoms with E-state index in [1.165, 1.54) is 44.9 Å². The predicted octanol–water partition coefficient (Wildman–Crippen LogP) is 3.91. The van der Waals surface area contributed by atoms with Crippen molar-refractivity contribution in [2.24, 2.45) is 0 Å². The molecule has 0 heterocycles. The molecule has 0 aliphatic heterocycles. The number of aliphatic hydroxyl groups excluding tert-OH is 1. The molecule has 0 aromatic carbocycles. The van der Waals surface area contributed by atoms with Gasteiger partial charge in [0.1, 0.15) is 0 Å². The molecule has 98 valence electrons. The fourth-order valence-electron chi connectivity index (χ4n) is 1.85. The first-order chi connectivity index (χ1) is 7.81. The average Bonchev–Trinajstić information content (AvgIpc) is 2.30. The summed E-state index contributed by atoms with van der Waals surface area (Å²) in [7, 11) is 0. The van der Waals surface area contributed by atoms with Crippen molar-refractivity contribution in [3.63, 3.8) is 0 Å². The van der Waals surface area contributed by atoms with Crippen LogP contribution in [-0.4, -0.2) is 24.4 Å². The van der Waals surface area contributed by atoms with Crippen LogP contribution in [0.5, 0.6) is 0 Å². The number of hydrogen-bond donors (Lipinski definition) is 1. The molecule has 1 atom stereocenters. The van der Waals surface area contributed by atoms with Crippen molar-refractivity contribution < 1.29 is 9.84 Å². The van der Waals surface area contributed by atoms with Gasteiger partial charge in [-0.2, -0.15) is 0 Å². The van der Waals surface area contributed by atoms with Crippen LogP contribution in [0.4, 0.5) is 0 Å². The Morgan fingerprint density at radius 2 is 1.44 bits per heavy atom. The first-order valence-electron chi connectivity index (χ1n) is 7.07. The molecule has 0 amide bonds. The zero-order valence-corrected chi connectivity index (χ0v) is 11.2. The van der Waals surface area contributed by atoms with E-state index in [9.17, 15) is 5.11 Å². The maximum absolute atomic E-state index is 9.53. The summed E-state index contributed by atoms with van der Waals surface area (Å²) >= 11 is 0. The molecule has 0 saturated heterocycles. The third kappa shape index (κ3) is 12.0. The molecule has 0 spiro atoms. The molecule has 0 aromatic heterocycles. The highest BCUT2D eigenvalue weighted by Crippen LogP contribution is 2.10. The van der Waals surface area contributed by atoms with Crippen molar-refractivity contribution in [1.82, 2.24) is 0 Å². The molecule has 0 fully saturated rings. The molecule has 0 aromatic rings. The van der Waals surface area contributed by atoms with Crippen molar-refractivity contribution in [2.75, 3.05) is 13.2 Å². The van der Waals surface area contributed by atoms with E-state index in [1.54, 1.807) is 0 Å². The molecule has 0 radical (unpaired) electrons. The van der Waals surface area contributed by atoms with Crippen molar-refractivity contribution in [3.05, 3.63) is 0 Å². The molecule has 0 aliphatic carbocycles. The Hall–Kier alpha value is -0.0800. The van der Waals surface area contributed by atoms with E-state index in [1.807, 2.05) is 6.92 Å². The zero-order chi connectivity index (χ0) is 12.1. The van der Waals surface area contributed by atoms with Crippen molar-refractivity contribution >= 4 is 0 Å². The van der Waals surface area contributed by atoms with Crippen molar-refractivity contribution in [1.29, 1.82) is 0 Å². The van der Waals surface area contributed by atoms with Gasteiger partial charge >= 0.3 is 0 Å². The molecular formula is C14H30O2. The van der Waals surface area contributed by atoms with Gasteiger partial charge in [-0.05, 0) is 13.3 Å². The number of hydrogen-bond acceptors (Lipinski definition) is 2. The lowest BCUT2D eigenvalue weighted by Crippen LogP contribution is -2.14. The molecule has 0 bridgehead atoms. The highest BCUT2D eigenvalue weighted by atomic mass is 16.5. The summed E-state index contributed by atoms with van der Waals surface area (Å²) in [4.78, 5) is 0. The third-order valence-electron chi connectivity index (χ3n) is 2.91. The second kappa shape index (κ2) is 13.0. The fourth-order valence-corrected chi connectivity index (χ4v) is 1.85. The lowest BCUT2D eigenvalue weighted by Gasteiger charge is -2.09. The van der Waals surface area contributed by atoms with Gasteiger partial charge in [0.25, 0.3) is 0 Å². The van der Waals surface area contributed by atoms with Gasteiger partial charge in [-0.25, -0.2) is 0 Å². The van der Waals surface area contributed by atoms with Crippen LogP contribution in [0.15, 0.2) is 0 Å². The van der Waals surface area contributed by atoms with Crippen LogP contribution in [-0.2, 0) is 4.74 Å². The Morgan fingerprint density at radius 1 is 0.875 bits per heavy atom. The Morgan fingerprint density at radius 3 is 2.00 bits per heavy atom. The van der Waals surface area contributed by atoms with Crippen molar-refractivity contribution in [3.8, 4) is 0 Å². The average molecular weight is 230 g/mol. The van der Waals surface area contributed by atoms with E-state index in [0.29, 0.717) is 13.2 Å². The molecule has 1 N–H and O–H groups in total. The highest BCUT2D eigenvalue weighted by Gasteiger charge is 2.02. The van der Waals surface area contributed by atoms with E-state index in [4.69, 9.17) is 4.74 Å². The molecule has 2 nitrogen and oxygen atoms in total. The summed E-state index contributed by atoms with van der Waals surface area (Å²) in [6, 6.07) is 0. The summed E-state index contributed by atoms with van der Waals surface area (Å²) in [5.41, 5.74) is 0. The Labute approximate surface area is 101 Å². The minimum absolute atomic E-state index is 0.250. The minimum Gasteiger partial charge on any atom is -0.391 e.